The van der Waals surface area contributed by atoms with Crippen LogP contribution in [0.15, 0.2) is 48.8 Å². The van der Waals surface area contributed by atoms with Crippen LogP contribution in [0.1, 0.15) is 5.69 Å². The minimum Gasteiger partial charge on any atom is -0.497 e. The summed E-state index contributed by atoms with van der Waals surface area (Å²) >= 11 is 0. The molecule has 146 valence electrons. The molecular formula is C20H21F2N5O. The molecular weight excluding hydrogens is 364 g/mol. The summed E-state index contributed by atoms with van der Waals surface area (Å²) in [6.45, 7) is 3.99. The number of para-hydroxylation sites is 1. The number of hydrogen-bond donors (Lipinski definition) is 0. The van der Waals surface area contributed by atoms with Crippen LogP contribution in [0.5, 0.6) is 5.75 Å². The molecule has 28 heavy (non-hydrogen) atoms. The van der Waals surface area contributed by atoms with Crippen molar-refractivity contribution in [2.75, 3.05) is 38.2 Å². The summed E-state index contributed by atoms with van der Waals surface area (Å²) in [7, 11) is 1.64. The van der Waals surface area contributed by atoms with E-state index in [0.717, 1.165) is 43.4 Å². The summed E-state index contributed by atoms with van der Waals surface area (Å²) in [5.41, 5.74) is 0.623. The fraction of sp³-hybridized carbons (Fsp3) is 0.300. The quantitative estimate of drug-likeness (QED) is 0.676. The number of methoxy groups -OCH3 is 1. The molecule has 1 fully saturated rings. The van der Waals surface area contributed by atoms with Gasteiger partial charge in [-0.2, -0.15) is 5.10 Å². The van der Waals surface area contributed by atoms with Crippen LogP contribution in [0.25, 0.3) is 5.69 Å². The molecule has 0 amide bonds. The van der Waals surface area contributed by atoms with E-state index in [-0.39, 0.29) is 5.69 Å². The number of pyridine rings is 1. The predicted molar refractivity (Wildman–Crippen MR) is 102 cm³/mol. The summed E-state index contributed by atoms with van der Waals surface area (Å²) in [4.78, 5) is 8.89. The molecule has 1 aliphatic rings. The van der Waals surface area contributed by atoms with Crippen molar-refractivity contribution < 1.29 is 13.5 Å². The van der Waals surface area contributed by atoms with Gasteiger partial charge in [0.25, 0.3) is 0 Å². The highest BCUT2D eigenvalue weighted by Gasteiger charge is 2.20. The van der Waals surface area contributed by atoms with Crippen LogP contribution in [0.3, 0.4) is 0 Å². The molecule has 1 aromatic carbocycles. The lowest BCUT2D eigenvalue weighted by Gasteiger charge is -2.35. The Kier molecular flexibility index (Phi) is 5.21. The third-order valence-corrected chi connectivity index (χ3v) is 4.85. The van der Waals surface area contributed by atoms with Crippen LogP contribution in [0.2, 0.25) is 0 Å². The number of hydrogen-bond acceptors (Lipinski definition) is 5. The first-order chi connectivity index (χ1) is 13.6. The Hall–Kier alpha value is -3.00. The molecule has 4 rings (SSSR count). The standard InChI is InChI=1S/C20H21F2N5O/c1-28-16-5-7-23-19(13-16)26-11-9-25(10-12-26)14-15-6-8-27(24-15)20-17(21)3-2-4-18(20)22/h2-8,13H,9-12,14H2,1H3. The number of halogens is 2. The van der Waals surface area contributed by atoms with Crippen LogP contribution in [0.4, 0.5) is 14.6 Å². The molecule has 0 radical (unpaired) electrons. The normalized spacial score (nSPS) is 15.0. The van der Waals surface area contributed by atoms with Gasteiger partial charge in [-0.25, -0.2) is 18.4 Å². The van der Waals surface area contributed by atoms with Gasteiger partial charge < -0.3 is 9.64 Å². The Morgan fingerprint density at radius 1 is 1.04 bits per heavy atom. The second-order valence-electron chi connectivity index (χ2n) is 6.64. The lowest BCUT2D eigenvalue weighted by Crippen LogP contribution is -2.46. The summed E-state index contributed by atoms with van der Waals surface area (Å²) in [6.07, 6.45) is 3.34. The molecule has 1 saturated heterocycles. The van der Waals surface area contributed by atoms with Gasteiger partial charge in [-0.15, -0.1) is 0 Å². The number of benzene rings is 1. The van der Waals surface area contributed by atoms with Gasteiger partial charge in [0.2, 0.25) is 0 Å². The SMILES string of the molecule is COc1ccnc(N2CCN(Cc3ccn(-c4c(F)cccc4F)n3)CC2)c1. The summed E-state index contributed by atoms with van der Waals surface area (Å²) in [5.74, 6) is 0.430. The van der Waals surface area contributed by atoms with Crippen LogP contribution >= 0.6 is 0 Å². The van der Waals surface area contributed by atoms with Crippen molar-refractivity contribution in [2.45, 2.75) is 6.54 Å². The number of rotatable bonds is 5. The lowest BCUT2D eigenvalue weighted by molar-refractivity contribution is 0.246. The maximum absolute atomic E-state index is 13.9. The van der Waals surface area contributed by atoms with E-state index >= 15 is 0 Å². The number of aromatic nitrogens is 3. The monoisotopic (exact) mass is 385 g/mol. The Balaban J connectivity index is 1.38. The van der Waals surface area contributed by atoms with E-state index in [1.54, 1.807) is 25.6 Å². The van der Waals surface area contributed by atoms with Gasteiger partial charge >= 0.3 is 0 Å². The van der Waals surface area contributed by atoms with E-state index in [2.05, 4.69) is 19.9 Å². The number of anilines is 1. The fourth-order valence-electron chi connectivity index (χ4n) is 3.34. The van der Waals surface area contributed by atoms with Gasteiger partial charge in [0.1, 0.15) is 17.3 Å². The maximum Gasteiger partial charge on any atom is 0.151 e. The van der Waals surface area contributed by atoms with Crippen LogP contribution in [-0.4, -0.2) is 53.0 Å². The highest BCUT2D eigenvalue weighted by Crippen LogP contribution is 2.20. The molecule has 6 nitrogen and oxygen atoms in total. The number of ether oxygens (including phenoxy) is 1. The highest BCUT2D eigenvalue weighted by molar-refractivity contribution is 5.44. The smallest absolute Gasteiger partial charge is 0.151 e. The average Bonchev–Trinajstić information content (AvgIpc) is 3.16. The molecule has 0 atom stereocenters. The molecule has 0 spiro atoms. The first-order valence-corrected chi connectivity index (χ1v) is 9.10. The van der Waals surface area contributed by atoms with Gasteiger partial charge in [0, 0.05) is 51.2 Å². The molecule has 0 aliphatic carbocycles. The third-order valence-electron chi connectivity index (χ3n) is 4.85. The van der Waals surface area contributed by atoms with Gasteiger partial charge in [-0.05, 0) is 24.3 Å². The molecule has 3 aromatic rings. The van der Waals surface area contributed by atoms with Gasteiger partial charge in [0.05, 0.1) is 12.8 Å². The van der Waals surface area contributed by atoms with E-state index in [1.165, 1.54) is 22.9 Å². The second-order valence-corrected chi connectivity index (χ2v) is 6.64. The zero-order chi connectivity index (χ0) is 19.5. The Bertz CT molecular complexity index is 933. The van der Waals surface area contributed by atoms with E-state index in [0.29, 0.717) is 6.54 Å². The molecule has 0 N–H and O–H groups in total. The van der Waals surface area contributed by atoms with Crippen molar-refractivity contribution in [3.63, 3.8) is 0 Å². The van der Waals surface area contributed by atoms with E-state index in [1.807, 2.05) is 12.1 Å². The first kappa shape index (κ1) is 18.4. The average molecular weight is 385 g/mol. The highest BCUT2D eigenvalue weighted by atomic mass is 19.1. The zero-order valence-electron chi connectivity index (χ0n) is 15.6. The summed E-state index contributed by atoms with van der Waals surface area (Å²) in [6, 6.07) is 9.35. The third kappa shape index (κ3) is 3.82. The van der Waals surface area contributed by atoms with Crippen LogP contribution < -0.4 is 9.64 Å². The van der Waals surface area contributed by atoms with Crippen LogP contribution in [-0.2, 0) is 6.54 Å². The fourth-order valence-corrected chi connectivity index (χ4v) is 3.34. The maximum atomic E-state index is 13.9. The van der Waals surface area contributed by atoms with E-state index in [9.17, 15) is 8.78 Å². The first-order valence-electron chi connectivity index (χ1n) is 9.10. The topological polar surface area (TPSA) is 46.4 Å². The van der Waals surface area contributed by atoms with Gasteiger partial charge in [0.15, 0.2) is 11.6 Å². The predicted octanol–water partition coefficient (Wildman–Crippen LogP) is 2.88. The minimum absolute atomic E-state index is 0.150. The van der Waals surface area contributed by atoms with Crippen LogP contribution in [0, 0.1) is 11.6 Å². The molecule has 2 aromatic heterocycles. The molecule has 0 unspecified atom stereocenters. The molecule has 3 heterocycles. The van der Waals surface area contributed by atoms with Gasteiger partial charge in [-0.3, -0.25) is 4.90 Å². The van der Waals surface area contributed by atoms with E-state index < -0.39 is 11.6 Å². The van der Waals surface area contributed by atoms with Gasteiger partial charge in [-0.1, -0.05) is 6.07 Å². The molecule has 1 aliphatic heterocycles. The van der Waals surface area contributed by atoms with Crippen molar-refractivity contribution in [1.29, 1.82) is 0 Å². The Labute approximate surface area is 162 Å². The molecule has 8 heteroatoms. The van der Waals surface area contributed by atoms with Crippen molar-refractivity contribution >= 4 is 5.82 Å². The second kappa shape index (κ2) is 7.93. The van der Waals surface area contributed by atoms with Crippen molar-refractivity contribution in [3.05, 3.63) is 66.1 Å². The Morgan fingerprint density at radius 2 is 1.79 bits per heavy atom. The molecule has 0 bridgehead atoms. The lowest BCUT2D eigenvalue weighted by atomic mass is 10.2. The summed E-state index contributed by atoms with van der Waals surface area (Å²) < 4.78 is 34.4. The van der Waals surface area contributed by atoms with E-state index in [4.69, 9.17) is 4.74 Å². The minimum atomic E-state index is -0.631. The number of piperazine rings is 1. The zero-order valence-corrected chi connectivity index (χ0v) is 15.6. The van der Waals surface area contributed by atoms with Crippen molar-refractivity contribution in [3.8, 4) is 11.4 Å². The van der Waals surface area contributed by atoms with Crippen molar-refractivity contribution in [2.24, 2.45) is 0 Å². The number of nitrogens with zero attached hydrogens (tertiary/aromatic N) is 5. The summed E-state index contributed by atoms with van der Waals surface area (Å²) in [5, 5.41) is 4.35. The molecule has 0 saturated carbocycles. The Morgan fingerprint density at radius 3 is 2.50 bits per heavy atom. The van der Waals surface area contributed by atoms with Crippen molar-refractivity contribution in [1.82, 2.24) is 19.7 Å². The largest absolute Gasteiger partial charge is 0.497 e.